The van der Waals surface area contributed by atoms with Gasteiger partial charge in [-0.3, -0.25) is 0 Å². The summed E-state index contributed by atoms with van der Waals surface area (Å²) < 4.78 is 6.11. The molecule has 7 heteroatoms. The molecule has 3 rings (SSSR count). The van der Waals surface area contributed by atoms with Crippen LogP contribution < -0.4 is 14.5 Å². The first-order chi connectivity index (χ1) is 10.3. The minimum atomic E-state index is 0.676. The molecule has 1 aliphatic heterocycles. The molecule has 6 nitrogen and oxygen atoms in total. The van der Waals surface area contributed by atoms with Crippen LogP contribution in [0.25, 0.3) is 0 Å². The Bertz CT molecular complexity index is 599. The fraction of sp³-hybridized carbons (Fsp3) is 0.357. The highest BCUT2D eigenvalue weighted by atomic mass is 79.9. The van der Waals surface area contributed by atoms with Gasteiger partial charge in [-0.05, 0) is 28.1 Å². The van der Waals surface area contributed by atoms with Crippen LogP contribution in [0.1, 0.15) is 0 Å². The van der Waals surface area contributed by atoms with E-state index in [1.807, 2.05) is 18.3 Å². The Labute approximate surface area is 131 Å². The van der Waals surface area contributed by atoms with Crippen LogP contribution in [-0.2, 0) is 0 Å². The maximum atomic E-state index is 5.08. The molecule has 1 saturated heterocycles. The largest absolute Gasteiger partial charge is 0.494 e. The Morgan fingerprint density at radius 3 is 2.33 bits per heavy atom. The van der Waals surface area contributed by atoms with Gasteiger partial charge in [0.2, 0.25) is 5.95 Å². The summed E-state index contributed by atoms with van der Waals surface area (Å²) >= 11 is 3.55. The maximum absolute atomic E-state index is 5.08. The minimum absolute atomic E-state index is 0.676. The smallest absolute Gasteiger partial charge is 0.225 e. The first kappa shape index (κ1) is 14.1. The van der Waals surface area contributed by atoms with Crippen LogP contribution in [0.4, 0.5) is 11.8 Å². The van der Waals surface area contributed by atoms with Crippen LogP contribution in [0.5, 0.6) is 5.75 Å². The van der Waals surface area contributed by atoms with Gasteiger partial charge in [-0.1, -0.05) is 0 Å². The van der Waals surface area contributed by atoms with Gasteiger partial charge >= 0.3 is 0 Å². The SMILES string of the molecule is COc1cnc(N2CCN(c3ncccc3Br)CC2)nc1. The van der Waals surface area contributed by atoms with Crippen molar-refractivity contribution in [3.05, 3.63) is 35.2 Å². The molecular formula is C14H16BrN5O. The lowest BCUT2D eigenvalue weighted by molar-refractivity contribution is 0.410. The summed E-state index contributed by atoms with van der Waals surface area (Å²) in [6, 6.07) is 3.94. The number of hydrogen-bond acceptors (Lipinski definition) is 6. The number of piperazine rings is 1. The van der Waals surface area contributed by atoms with E-state index in [-0.39, 0.29) is 0 Å². The lowest BCUT2D eigenvalue weighted by Gasteiger charge is -2.35. The zero-order valence-corrected chi connectivity index (χ0v) is 13.3. The molecule has 1 fully saturated rings. The highest BCUT2D eigenvalue weighted by Crippen LogP contribution is 2.24. The first-order valence-electron chi connectivity index (χ1n) is 6.74. The lowest BCUT2D eigenvalue weighted by Crippen LogP contribution is -2.47. The molecule has 0 saturated carbocycles. The van der Waals surface area contributed by atoms with Crippen molar-refractivity contribution >= 4 is 27.7 Å². The van der Waals surface area contributed by atoms with Gasteiger partial charge in [0.1, 0.15) is 5.82 Å². The Morgan fingerprint density at radius 2 is 1.71 bits per heavy atom. The Balaban J connectivity index is 1.66. The molecule has 110 valence electrons. The van der Waals surface area contributed by atoms with Gasteiger partial charge in [0, 0.05) is 32.4 Å². The van der Waals surface area contributed by atoms with Crippen LogP contribution in [0.3, 0.4) is 0 Å². The van der Waals surface area contributed by atoms with Crippen molar-refractivity contribution in [1.82, 2.24) is 15.0 Å². The summed E-state index contributed by atoms with van der Waals surface area (Å²) in [6.07, 6.45) is 5.22. The fourth-order valence-corrected chi connectivity index (χ4v) is 2.81. The average Bonchev–Trinajstić information content (AvgIpc) is 2.56. The van der Waals surface area contributed by atoms with Gasteiger partial charge in [-0.25, -0.2) is 15.0 Å². The molecule has 0 radical (unpaired) electrons. The quantitative estimate of drug-likeness (QED) is 0.844. The summed E-state index contributed by atoms with van der Waals surface area (Å²) in [4.78, 5) is 17.5. The van der Waals surface area contributed by atoms with Crippen molar-refractivity contribution in [2.24, 2.45) is 0 Å². The number of hydrogen-bond donors (Lipinski definition) is 0. The zero-order valence-electron chi connectivity index (χ0n) is 11.7. The molecule has 0 bridgehead atoms. The Kier molecular flexibility index (Phi) is 4.19. The summed E-state index contributed by atoms with van der Waals surface area (Å²) in [5.74, 6) is 2.41. The van der Waals surface area contributed by atoms with Crippen LogP contribution in [-0.4, -0.2) is 48.2 Å². The molecule has 0 aromatic carbocycles. The predicted octanol–water partition coefficient (Wildman–Crippen LogP) is 1.97. The number of nitrogens with zero attached hydrogens (tertiary/aromatic N) is 5. The van der Waals surface area contributed by atoms with E-state index in [0.717, 1.165) is 42.4 Å². The van der Waals surface area contributed by atoms with E-state index in [4.69, 9.17) is 4.74 Å². The standard InChI is InChI=1S/C14H16BrN5O/c1-21-11-9-17-14(18-10-11)20-7-5-19(6-8-20)13-12(15)3-2-4-16-13/h2-4,9-10H,5-8H2,1H3. The second kappa shape index (κ2) is 6.26. The van der Waals surface area contributed by atoms with Gasteiger partial charge in [0.15, 0.2) is 5.75 Å². The highest BCUT2D eigenvalue weighted by Gasteiger charge is 2.21. The first-order valence-corrected chi connectivity index (χ1v) is 7.53. The van der Waals surface area contributed by atoms with E-state index in [1.165, 1.54) is 0 Å². The number of halogens is 1. The number of anilines is 2. The average molecular weight is 350 g/mol. The van der Waals surface area contributed by atoms with E-state index in [0.29, 0.717) is 5.75 Å². The molecule has 0 amide bonds. The van der Waals surface area contributed by atoms with E-state index < -0.39 is 0 Å². The van der Waals surface area contributed by atoms with E-state index in [2.05, 4.69) is 40.7 Å². The molecule has 0 spiro atoms. The number of aromatic nitrogens is 3. The topological polar surface area (TPSA) is 54.4 Å². The van der Waals surface area contributed by atoms with E-state index >= 15 is 0 Å². The maximum Gasteiger partial charge on any atom is 0.225 e. The van der Waals surface area contributed by atoms with Crippen LogP contribution in [0.2, 0.25) is 0 Å². The van der Waals surface area contributed by atoms with Crippen molar-refractivity contribution in [3.63, 3.8) is 0 Å². The van der Waals surface area contributed by atoms with Crippen LogP contribution in [0, 0.1) is 0 Å². The highest BCUT2D eigenvalue weighted by molar-refractivity contribution is 9.10. The third-order valence-electron chi connectivity index (χ3n) is 3.45. The molecule has 0 aliphatic carbocycles. The summed E-state index contributed by atoms with van der Waals surface area (Å²) in [6.45, 7) is 3.53. The molecule has 0 unspecified atom stereocenters. The zero-order chi connectivity index (χ0) is 14.7. The summed E-state index contributed by atoms with van der Waals surface area (Å²) in [7, 11) is 1.61. The number of methoxy groups -OCH3 is 1. The third-order valence-corrected chi connectivity index (χ3v) is 4.07. The van der Waals surface area contributed by atoms with Crippen molar-refractivity contribution in [3.8, 4) is 5.75 Å². The van der Waals surface area contributed by atoms with Crippen LogP contribution in [0.15, 0.2) is 35.2 Å². The van der Waals surface area contributed by atoms with Gasteiger partial charge in [0.25, 0.3) is 0 Å². The molecule has 1 aliphatic rings. The minimum Gasteiger partial charge on any atom is -0.494 e. The number of ether oxygens (including phenoxy) is 1. The van der Waals surface area contributed by atoms with Crippen molar-refractivity contribution < 1.29 is 4.74 Å². The molecule has 3 heterocycles. The van der Waals surface area contributed by atoms with Gasteiger partial charge < -0.3 is 14.5 Å². The molecule has 0 N–H and O–H groups in total. The second-order valence-electron chi connectivity index (χ2n) is 4.71. The predicted molar refractivity (Wildman–Crippen MR) is 84.9 cm³/mol. The lowest BCUT2D eigenvalue weighted by atomic mass is 10.3. The van der Waals surface area contributed by atoms with E-state index in [1.54, 1.807) is 19.5 Å². The fourth-order valence-electron chi connectivity index (χ4n) is 2.31. The van der Waals surface area contributed by atoms with Gasteiger partial charge in [-0.15, -0.1) is 0 Å². The molecular weight excluding hydrogens is 334 g/mol. The Morgan fingerprint density at radius 1 is 1.05 bits per heavy atom. The second-order valence-corrected chi connectivity index (χ2v) is 5.56. The third kappa shape index (κ3) is 3.07. The van der Waals surface area contributed by atoms with Gasteiger partial charge in [0.05, 0.1) is 24.0 Å². The molecule has 21 heavy (non-hydrogen) atoms. The van der Waals surface area contributed by atoms with Crippen molar-refractivity contribution in [1.29, 1.82) is 0 Å². The molecule has 0 atom stereocenters. The monoisotopic (exact) mass is 349 g/mol. The van der Waals surface area contributed by atoms with Crippen molar-refractivity contribution in [2.45, 2.75) is 0 Å². The number of rotatable bonds is 3. The summed E-state index contributed by atoms with van der Waals surface area (Å²) in [5, 5.41) is 0. The Hall–Kier alpha value is -1.89. The van der Waals surface area contributed by atoms with Crippen molar-refractivity contribution in [2.75, 3.05) is 43.1 Å². The summed E-state index contributed by atoms with van der Waals surface area (Å²) in [5.41, 5.74) is 0. The molecule has 2 aromatic heterocycles. The number of pyridine rings is 1. The normalized spacial score (nSPS) is 15.1. The van der Waals surface area contributed by atoms with Crippen LogP contribution >= 0.6 is 15.9 Å². The van der Waals surface area contributed by atoms with E-state index in [9.17, 15) is 0 Å². The van der Waals surface area contributed by atoms with Gasteiger partial charge in [-0.2, -0.15) is 0 Å². The molecule has 2 aromatic rings.